The normalized spacial score (nSPS) is 23.1. The highest BCUT2D eigenvalue weighted by molar-refractivity contribution is 5.41. The van der Waals surface area contributed by atoms with Crippen LogP contribution in [0.2, 0.25) is 0 Å². The average Bonchev–Trinajstić information content (AvgIpc) is 2.15. The molecule has 0 heteroatoms. The Bertz CT molecular complexity index is 307. The van der Waals surface area contributed by atoms with Crippen molar-refractivity contribution in [1.29, 1.82) is 0 Å². The van der Waals surface area contributed by atoms with E-state index in [0.717, 1.165) is 0 Å². The molecule has 0 fully saturated rings. The SMILES string of the molecule is CCC1=C(C=C(C)C)C(C)(C)CC1(C)C. The van der Waals surface area contributed by atoms with Gasteiger partial charge in [-0.05, 0) is 43.1 Å². The Kier molecular flexibility index (Phi) is 3.19. The first-order valence-electron chi connectivity index (χ1n) is 6.10. The highest BCUT2D eigenvalue weighted by atomic mass is 14.5. The van der Waals surface area contributed by atoms with Crippen molar-refractivity contribution in [3.05, 3.63) is 22.8 Å². The standard InChI is InChI=1S/C15H26/c1-8-12-13(9-11(2)3)15(6,7)10-14(12,4)5/h9H,8,10H2,1-7H3. The van der Waals surface area contributed by atoms with E-state index in [4.69, 9.17) is 0 Å². The number of hydrogen-bond acceptors (Lipinski definition) is 0. The fourth-order valence-electron chi connectivity index (χ4n) is 3.32. The van der Waals surface area contributed by atoms with Crippen LogP contribution in [0, 0.1) is 10.8 Å². The maximum Gasteiger partial charge on any atom is -0.00957 e. The second-order valence-electron chi connectivity index (χ2n) is 6.41. The van der Waals surface area contributed by atoms with Crippen LogP contribution >= 0.6 is 0 Å². The molecular formula is C15H26. The van der Waals surface area contributed by atoms with E-state index in [-0.39, 0.29) is 0 Å². The van der Waals surface area contributed by atoms with E-state index in [9.17, 15) is 0 Å². The van der Waals surface area contributed by atoms with E-state index in [0.29, 0.717) is 10.8 Å². The van der Waals surface area contributed by atoms with Gasteiger partial charge in [0.15, 0.2) is 0 Å². The molecule has 0 amide bonds. The molecule has 1 aliphatic carbocycles. The first-order chi connectivity index (χ1) is 6.70. The summed E-state index contributed by atoms with van der Waals surface area (Å²) < 4.78 is 0. The third kappa shape index (κ3) is 2.35. The largest absolute Gasteiger partial charge is 0.0761 e. The molecule has 86 valence electrons. The maximum absolute atomic E-state index is 2.40. The van der Waals surface area contributed by atoms with Gasteiger partial charge in [-0.2, -0.15) is 0 Å². The van der Waals surface area contributed by atoms with Crippen molar-refractivity contribution >= 4 is 0 Å². The summed E-state index contributed by atoms with van der Waals surface area (Å²) in [4.78, 5) is 0. The molecule has 0 N–H and O–H groups in total. The lowest BCUT2D eigenvalue weighted by Gasteiger charge is -2.25. The Labute approximate surface area is 95.5 Å². The molecule has 0 bridgehead atoms. The zero-order chi connectivity index (χ0) is 11.9. The van der Waals surface area contributed by atoms with Gasteiger partial charge in [0.2, 0.25) is 0 Å². The molecule has 0 spiro atoms. The molecule has 0 radical (unpaired) electrons. The minimum Gasteiger partial charge on any atom is -0.0761 e. The quantitative estimate of drug-likeness (QED) is 0.588. The van der Waals surface area contributed by atoms with Gasteiger partial charge in [-0.3, -0.25) is 0 Å². The monoisotopic (exact) mass is 206 g/mol. The van der Waals surface area contributed by atoms with Crippen molar-refractivity contribution in [1.82, 2.24) is 0 Å². The van der Waals surface area contributed by atoms with Crippen LogP contribution in [-0.2, 0) is 0 Å². The molecule has 1 aliphatic rings. The van der Waals surface area contributed by atoms with Gasteiger partial charge < -0.3 is 0 Å². The molecule has 0 aromatic heterocycles. The van der Waals surface area contributed by atoms with Crippen LogP contribution < -0.4 is 0 Å². The lowest BCUT2D eigenvalue weighted by atomic mass is 9.79. The molecule has 0 atom stereocenters. The van der Waals surface area contributed by atoms with E-state index in [1.54, 1.807) is 11.1 Å². The van der Waals surface area contributed by atoms with Crippen LogP contribution in [0.25, 0.3) is 0 Å². The van der Waals surface area contributed by atoms with Gasteiger partial charge in [0.1, 0.15) is 0 Å². The third-order valence-electron chi connectivity index (χ3n) is 3.54. The van der Waals surface area contributed by atoms with E-state index >= 15 is 0 Å². The molecule has 0 aromatic carbocycles. The van der Waals surface area contributed by atoms with Crippen molar-refractivity contribution < 1.29 is 0 Å². The molecule has 0 unspecified atom stereocenters. The first-order valence-corrected chi connectivity index (χ1v) is 6.10. The summed E-state index contributed by atoms with van der Waals surface area (Å²) in [7, 11) is 0. The second-order valence-corrected chi connectivity index (χ2v) is 6.41. The fraction of sp³-hybridized carbons (Fsp3) is 0.733. The zero-order valence-electron chi connectivity index (χ0n) is 11.5. The topological polar surface area (TPSA) is 0 Å². The highest BCUT2D eigenvalue weighted by Crippen LogP contribution is 2.54. The molecule has 0 aliphatic heterocycles. The summed E-state index contributed by atoms with van der Waals surface area (Å²) in [5.41, 5.74) is 5.41. The third-order valence-corrected chi connectivity index (χ3v) is 3.54. The summed E-state index contributed by atoms with van der Waals surface area (Å²) in [5, 5.41) is 0. The Morgan fingerprint density at radius 3 is 2.07 bits per heavy atom. The molecule has 0 aromatic rings. The van der Waals surface area contributed by atoms with Crippen molar-refractivity contribution in [2.24, 2.45) is 10.8 Å². The number of hydrogen-bond donors (Lipinski definition) is 0. The minimum atomic E-state index is 0.353. The van der Waals surface area contributed by atoms with Crippen molar-refractivity contribution in [2.75, 3.05) is 0 Å². The van der Waals surface area contributed by atoms with Crippen LogP contribution in [0.3, 0.4) is 0 Å². The molecule has 0 heterocycles. The van der Waals surface area contributed by atoms with Crippen molar-refractivity contribution in [3.63, 3.8) is 0 Å². The van der Waals surface area contributed by atoms with Gasteiger partial charge >= 0.3 is 0 Å². The van der Waals surface area contributed by atoms with Crippen LogP contribution in [0.4, 0.5) is 0 Å². The molecule has 0 nitrogen and oxygen atoms in total. The van der Waals surface area contributed by atoms with Crippen LogP contribution in [-0.4, -0.2) is 0 Å². The van der Waals surface area contributed by atoms with E-state index < -0.39 is 0 Å². The Hall–Kier alpha value is -0.520. The lowest BCUT2D eigenvalue weighted by Crippen LogP contribution is -2.15. The zero-order valence-corrected chi connectivity index (χ0v) is 11.5. The smallest absolute Gasteiger partial charge is 0.00957 e. The van der Waals surface area contributed by atoms with Crippen molar-refractivity contribution in [3.8, 4) is 0 Å². The minimum absolute atomic E-state index is 0.353. The Morgan fingerprint density at radius 2 is 1.67 bits per heavy atom. The molecule has 15 heavy (non-hydrogen) atoms. The van der Waals surface area contributed by atoms with E-state index in [1.807, 2.05) is 0 Å². The second kappa shape index (κ2) is 3.81. The van der Waals surface area contributed by atoms with Crippen LogP contribution in [0.5, 0.6) is 0 Å². The molecule has 0 saturated carbocycles. The predicted octanol–water partition coefficient (Wildman–Crippen LogP) is 5.12. The maximum atomic E-state index is 2.40. The predicted molar refractivity (Wildman–Crippen MR) is 68.9 cm³/mol. The summed E-state index contributed by atoms with van der Waals surface area (Å²) in [5.74, 6) is 0. The molecule has 0 saturated heterocycles. The van der Waals surface area contributed by atoms with E-state index in [2.05, 4.69) is 54.5 Å². The van der Waals surface area contributed by atoms with Crippen molar-refractivity contribution in [2.45, 2.75) is 61.3 Å². The summed E-state index contributed by atoms with van der Waals surface area (Å²) in [6, 6.07) is 0. The van der Waals surface area contributed by atoms with Gasteiger partial charge in [0, 0.05) is 0 Å². The van der Waals surface area contributed by atoms with Crippen LogP contribution in [0.1, 0.15) is 61.3 Å². The van der Waals surface area contributed by atoms with Gasteiger partial charge in [0.05, 0.1) is 0 Å². The van der Waals surface area contributed by atoms with E-state index in [1.165, 1.54) is 18.4 Å². The number of allylic oxidation sites excluding steroid dienone is 4. The van der Waals surface area contributed by atoms with Gasteiger partial charge in [-0.15, -0.1) is 0 Å². The summed E-state index contributed by atoms with van der Waals surface area (Å²) >= 11 is 0. The van der Waals surface area contributed by atoms with Gasteiger partial charge in [-0.25, -0.2) is 0 Å². The molecular weight excluding hydrogens is 180 g/mol. The Morgan fingerprint density at radius 1 is 1.13 bits per heavy atom. The fourth-order valence-corrected chi connectivity index (χ4v) is 3.32. The number of rotatable bonds is 2. The first kappa shape index (κ1) is 12.5. The van der Waals surface area contributed by atoms with Gasteiger partial charge in [-0.1, -0.05) is 51.8 Å². The van der Waals surface area contributed by atoms with Gasteiger partial charge in [0.25, 0.3) is 0 Å². The summed E-state index contributed by atoms with van der Waals surface area (Å²) in [6.45, 7) is 16.2. The summed E-state index contributed by atoms with van der Waals surface area (Å²) in [6.07, 6.45) is 4.87. The Balaban J connectivity index is 3.29. The molecule has 1 rings (SSSR count). The lowest BCUT2D eigenvalue weighted by molar-refractivity contribution is 0.316. The highest BCUT2D eigenvalue weighted by Gasteiger charge is 2.41. The average molecular weight is 206 g/mol. The van der Waals surface area contributed by atoms with Crippen LogP contribution in [0.15, 0.2) is 22.8 Å².